The molecule has 0 radical (unpaired) electrons. The summed E-state index contributed by atoms with van der Waals surface area (Å²) in [6.07, 6.45) is -0.141. The van der Waals surface area contributed by atoms with Crippen LogP contribution in [0.1, 0.15) is 5.56 Å². The predicted octanol–water partition coefficient (Wildman–Crippen LogP) is 2.89. The fourth-order valence-electron chi connectivity index (χ4n) is 2.43. The summed E-state index contributed by atoms with van der Waals surface area (Å²) in [5.74, 6) is 0.552. The minimum Gasteiger partial charge on any atom is -0.478 e. The van der Waals surface area contributed by atoms with Crippen LogP contribution >= 0.6 is 11.6 Å². The maximum Gasteiger partial charge on any atom is 0.268 e. The Balaban J connectivity index is 1.90. The molecular weight excluding hydrogens is 288 g/mol. The number of fused-ring (bicyclic) bond motifs is 1. The van der Waals surface area contributed by atoms with Crippen LogP contribution in [-0.2, 0) is 11.2 Å². The van der Waals surface area contributed by atoms with Crippen LogP contribution in [0.15, 0.2) is 42.5 Å². The molecule has 0 bridgehead atoms. The highest BCUT2D eigenvalue weighted by molar-refractivity contribution is 6.31. The molecule has 1 aliphatic heterocycles. The number of halogens is 1. The Morgan fingerprint density at radius 1 is 1.29 bits per heavy atom. The van der Waals surface area contributed by atoms with Crippen molar-refractivity contribution in [1.82, 2.24) is 0 Å². The van der Waals surface area contributed by atoms with Crippen LogP contribution in [0, 0.1) is 0 Å². The summed E-state index contributed by atoms with van der Waals surface area (Å²) in [5.41, 5.74) is 7.94. The SMILES string of the molecule is CN1C(=O)C(Cc2ccccc2Cl)Oc2ccc(N)cc21. The number of carbonyl (C=O) groups excluding carboxylic acids is 1. The van der Waals surface area contributed by atoms with Gasteiger partial charge in [0.15, 0.2) is 6.10 Å². The van der Waals surface area contributed by atoms with Gasteiger partial charge in [-0.15, -0.1) is 0 Å². The van der Waals surface area contributed by atoms with Crippen molar-refractivity contribution in [2.45, 2.75) is 12.5 Å². The van der Waals surface area contributed by atoms with Gasteiger partial charge in [-0.05, 0) is 29.8 Å². The van der Waals surface area contributed by atoms with Crippen molar-refractivity contribution in [3.63, 3.8) is 0 Å². The minimum absolute atomic E-state index is 0.104. The van der Waals surface area contributed by atoms with Gasteiger partial charge in [-0.25, -0.2) is 0 Å². The second-order valence-corrected chi connectivity index (χ2v) is 5.43. The predicted molar refractivity (Wildman–Crippen MR) is 83.8 cm³/mol. The van der Waals surface area contributed by atoms with Crippen LogP contribution < -0.4 is 15.4 Å². The van der Waals surface area contributed by atoms with E-state index in [4.69, 9.17) is 22.1 Å². The highest BCUT2D eigenvalue weighted by Gasteiger charge is 2.32. The first-order valence-corrected chi connectivity index (χ1v) is 7.01. The zero-order chi connectivity index (χ0) is 15.0. The molecule has 0 aromatic heterocycles. The Hall–Kier alpha value is -2.20. The average molecular weight is 303 g/mol. The number of benzene rings is 2. The molecule has 0 saturated heterocycles. The van der Waals surface area contributed by atoms with Crippen LogP contribution in [0.2, 0.25) is 5.02 Å². The third-order valence-corrected chi connectivity index (χ3v) is 3.95. The standard InChI is InChI=1S/C16H15ClN2O2/c1-19-13-9-11(18)6-7-14(13)21-15(16(19)20)8-10-4-2-3-5-12(10)17/h2-7,9,15H,8,18H2,1H3. The molecule has 0 saturated carbocycles. The highest BCUT2D eigenvalue weighted by atomic mass is 35.5. The molecule has 1 atom stereocenters. The lowest BCUT2D eigenvalue weighted by Gasteiger charge is -2.32. The van der Waals surface area contributed by atoms with Crippen molar-refractivity contribution in [3.05, 3.63) is 53.1 Å². The number of nitrogen functional groups attached to an aromatic ring is 1. The van der Waals surface area contributed by atoms with E-state index in [1.54, 1.807) is 30.1 Å². The second-order valence-electron chi connectivity index (χ2n) is 5.03. The van der Waals surface area contributed by atoms with Gasteiger partial charge in [-0.2, -0.15) is 0 Å². The smallest absolute Gasteiger partial charge is 0.268 e. The molecule has 108 valence electrons. The maximum absolute atomic E-state index is 12.4. The van der Waals surface area contributed by atoms with Crippen LogP contribution in [0.25, 0.3) is 0 Å². The number of ether oxygens (including phenoxy) is 1. The van der Waals surface area contributed by atoms with Gasteiger partial charge in [-0.3, -0.25) is 4.79 Å². The monoisotopic (exact) mass is 302 g/mol. The number of rotatable bonds is 2. The molecule has 0 aliphatic carbocycles. The average Bonchev–Trinajstić information content (AvgIpc) is 2.47. The summed E-state index contributed by atoms with van der Waals surface area (Å²) in [7, 11) is 1.72. The van der Waals surface area contributed by atoms with Gasteiger partial charge in [0.05, 0.1) is 5.69 Å². The van der Waals surface area contributed by atoms with Crippen LogP contribution in [-0.4, -0.2) is 19.1 Å². The highest BCUT2D eigenvalue weighted by Crippen LogP contribution is 2.35. The first kappa shape index (κ1) is 13.8. The van der Waals surface area contributed by atoms with Crippen molar-refractivity contribution < 1.29 is 9.53 Å². The fraction of sp³-hybridized carbons (Fsp3) is 0.188. The van der Waals surface area contributed by atoms with Crippen molar-refractivity contribution in [1.29, 1.82) is 0 Å². The van der Waals surface area contributed by atoms with E-state index in [0.29, 0.717) is 28.6 Å². The summed E-state index contributed by atoms with van der Waals surface area (Å²) >= 11 is 6.15. The van der Waals surface area contributed by atoms with Crippen molar-refractivity contribution in [2.24, 2.45) is 0 Å². The lowest BCUT2D eigenvalue weighted by molar-refractivity contribution is -0.125. The fourth-order valence-corrected chi connectivity index (χ4v) is 2.64. The third-order valence-electron chi connectivity index (χ3n) is 3.58. The molecule has 0 fully saturated rings. The number of hydrogen-bond acceptors (Lipinski definition) is 3. The van der Waals surface area contributed by atoms with Crippen LogP contribution in [0.4, 0.5) is 11.4 Å². The molecule has 5 heteroatoms. The molecule has 3 rings (SSSR count). The Labute approximate surface area is 128 Å². The number of nitrogens with zero attached hydrogens (tertiary/aromatic N) is 1. The molecule has 1 aliphatic rings. The van der Waals surface area contributed by atoms with Gasteiger partial charge >= 0.3 is 0 Å². The Morgan fingerprint density at radius 3 is 2.81 bits per heavy atom. The molecule has 2 N–H and O–H groups in total. The van der Waals surface area contributed by atoms with E-state index in [9.17, 15) is 4.79 Å². The Kier molecular flexibility index (Phi) is 3.47. The number of amides is 1. The number of likely N-dealkylation sites (N-methyl/N-ethyl adjacent to an activating group) is 1. The van der Waals surface area contributed by atoms with Gasteiger partial charge in [-0.1, -0.05) is 29.8 Å². The molecule has 1 heterocycles. The van der Waals surface area contributed by atoms with E-state index in [1.165, 1.54) is 0 Å². The molecule has 4 nitrogen and oxygen atoms in total. The molecule has 0 spiro atoms. The zero-order valence-electron chi connectivity index (χ0n) is 11.5. The summed E-state index contributed by atoms with van der Waals surface area (Å²) in [6, 6.07) is 12.7. The van der Waals surface area contributed by atoms with Gasteiger partial charge in [0.2, 0.25) is 0 Å². The van der Waals surface area contributed by atoms with E-state index in [-0.39, 0.29) is 5.91 Å². The van der Waals surface area contributed by atoms with Crippen molar-refractivity contribution in [3.8, 4) is 5.75 Å². The lowest BCUT2D eigenvalue weighted by Crippen LogP contribution is -2.45. The second kappa shape index (κ2) is 5.30. The first-order chi connectivity index (χ1) is 10.1. The Bertz CT molecular complexity index is 702. The van der Waals surface area contributed by atoms with Crippen LogP contribution in [0.5, 0.6) is 5.75 Å². The van der Waals surface area contributed by atoms with Crippen molar-refractivity contribution in [2.75, 3.05) is 17.7 Å². The largest absolute Gasteiger partial charge is 0.478 e. The summed E-state index contributed by atoms with van der Waals surface area (Å²) in [6.45, 7) is 0. The number of hydrogen-bond donors (Lipinski definition) is 1. The summed E-state index contributed by atoms with van der Waals surface area (Å²) in [5, 5.41) is 0.639. The van der Waals surface area contributed by atoms with Gasteiger partial charge in [0, 0.05) is 24.2 Å². The molecule has 2 aromatic rings. The van der Waals surface area contributed by atoms with E-state index in [0.717, 1.165) is 5.56 Å². The summed E-state index contributed by atoms with van der Waals surface area (Å²) in [4.78, 5) is 14.0. The number of carbonyl (C=O) groups is 1. The maximum atomic E-state index is 12.4. The van der Waals surface area contributed by atoms with Gasteiger partial charge in [0.1, 0.15) is 5.75 Å². The molecule has 21 heavy (non-hydrogen) atoms. The van der Waals surface area contributed by atoms with Crippen molar-refractivity contribution >= 4 is 28.9 Å². The molecule has 1 unspecified atom stereocenters. The van der Waals surface area contributed by atoms with E-state index < -0.39 is 6.10 Å². The normalized spacial score (nSPS) is 17.3. The van der Waals surface area contributed by atoms with E-state index in [2.05, 4.69) is 0 Å². The first-order valence-electron chi connectivity index (χ1n) is 6.63. The molecular formula is C16H15ClN2O2. The topological polar surface area (TPSA) is 55.6 Å². The van der Waals surface area contributed by atoms with E-state index >= 15 is 0 Å². The van der Waals surface area contributed by atoms with E-state index in [1.807, 2.05) is 24.3 Å². The summed E-state index contributed by atoms with van der Waals surface area (Å²) < 4.78 is 5.82. The van der Waals surface area contributed by atoms with Gasteiger partial charge < -0.3 is 15.4 Å². The molecule has 1 amide bonds. The minimum atomic E-state index is -0.578. The van der Waals surface area contributed by atoms with Crippen LogP contribution in [0.3, 0.4) is 0 Å². The Morgan fingerprint density at radius 2 is 2.05 bits per heavy atom. The lowest BCUT2D eigenvalue weighted by atomic mass is 10.0. The quantitative estimate of drug-likeness (QED) is 0.868. The number of anilines is 2. The number of nitrogens with two attached hydrogens (primary N) is 1. The third kappa shape index (κ3) is 2.54. The zero-order valence-corrected chi connectivity index (χ0v) is 12.3. The van der Waals surface area contributed by atoms with Gasteiger partial charge in [0.25, 0.3) is 5.91 Å². The molecule has 2 aromatic carbocycles.